The number of hydrogen-bond donors (Lipinski definition) is 0. The summed E-state index contributed by atoms with van der Waals surface area (Å²) in [6.07, 6.45) is 2.70. The van der Waals surface area contributed by atoms with E-state index < -0.39 is 10.0 Å². The number of hydrogen-bond acceptors (Lipinski definition) is 4. The molecule has 0 aliphatic carbocycles. The molecule has 1 heterocycles. The van der Waals surface area contributed by atoms with Crippen molar-refractivity contribution in [2.75, 3.05) is 10.8 Å². The molecule has 0 radical (unpaired) electrons. The number of rotatable bonds is 5. The maximum atomic E-state index is 12.8. The second-order valence-corrected chi connectivity index (χ2v) is 6.36. The zero-order chi connectivity index (χ0) is 15.3. The number of benzene rings is 1. The molecule has 0 aliphatic heterocycles. The number of sulfonamides is 1. The Bertz CT molecular complexity index is 757. The lowest BCUT2D eigenvalue weighted by molar-refractivity contribution is 0.590. The average molecular weight is 322 g/mol. The molecule has 0 saturated carbocycles. The maximum Gasteiger partial charge on any atom is 0.267 e. The molecule has 7 heteroatoms. The number of nitrogens with zero attached hydrogens (tertiary/aromatic N) is 3. The van der Waals surface area contributed by atoms with Crippen molar-refractivity contribution in [1.29, 1.82) is 5.26 Å². The summed E-state index contributed by atoms with van der Waals surface area (Å²) in [4.78, 5) is 3.74. The van der Waals surface area contributed by atoms with E-state index in [1.807, 2.05) is 6.07 Å². The van der Waals surface area contributed by atoms with E-state index in [2.05, 4.69) is 4.98 Å². The van der Waals surface area contributed by atoms with Crippen LogP contribution in [-0.4, -0.2) is 19.9 Å². The summed E-state index contributed by atoms with van der Waals surface area (Å²) in [7, 11) is -3.87. The Morgan fingerprint density at radius 3 is 2.57 bits per heavy atom. The minimum Gasteiger partial charge on any atom is -0.265 e. The first-order valence-electron chi connectivity index (χ1n) is 6.11. The predicted octanol–water partition coefficient (Wildman–Crippen LogP) is 2.84. The number of anilines is 1. The molecule has 0 unspecified atom stereocenters. The van der Waals surface area contributed by atoms with E-state index in [-0.39, 0.29) is 22.9 Å². The molecule has 1 aromatic carbocycles. The second-order valence-electron chi connectivity index (χ2n) is 4.13. The minimum absolute atomic E-state index is 0.0497. The standard InChI is InChI=1S/C14H12ClN3O2S/c15-13-7-9-17-11-14(13)21(19,20)18(10-4-8-16)12-5-2-1-3-6-12/h1-3,5-7,9,11H,4,10H2. The first kappa shape index (κ1) is 15.3. The van der Waals surface area contributed by atoms with Crippen molar-refractivity contribution in [3.05, 3.63) is 53.8 Å². The van der Waals surface area contributed by atoms with Gasteiger partial charge < -0.3 is 0 Å². The highest BCUT2D eigenvalue weighted by Gasteiger charge is 2.27. The van der Waals surface area contributed by atoms with Gasteiger partial charge in [-0.25, -0.2) is 8.42 Å². The molecule has 0 fully saturated rings. The fourth-order valence-corrected chi connectivity index (χ4v) is 3.68. The van der Waals surface area contributed by atoms with E-state index in [0.29, 0.717) is 5.69 Å². The normalized spacial score (nSPS) is 10.9. The smallest absolute Gasteiger partial charge is 0.265 e. The molecule has 0 spiro atoms. The highest BCUT2D eigenvalue weighted by Crippen LogP contribution is 2.27. The lowest BCUT2D eigenvalue weighted by Crippen LogP contribution is -2.32. The van der Waals surface area contributed by atoms with Crippen molar-refractivity contribution in [2.24, 2.45) is 0 Å². The van der Waals surface area contributed by atoms with Crippen LogP contribution in [0.25, 0.3) is 0 Å². The van der Waals surface area contributed by atoms with Crippen LogP contribution in [-0.2, 0) is 10.0 Å². The number of pyridine rings is 1. The molecule has 0 amide bonds. The zero-order valence-electron chi connectivity index (χ0n) is 11.0. The lowest BCUT2D eigenvalue weighted by Gasteiger charge is -2.23. The van der Waals surface area contributed by atoms with E-state index in [4.69, 9.17) is 16.9 Å². The van der Waals surface area contributed by atoms with Crippen molar-refractivity contribution in [3.8, 4) is 6.07 Å². The van der Waals surface area contributed by atoms with Crippen molar-refractivity contribution >= 4 is 27.3 Å². The van der Waals surface area contributed by atoms with Crippen LogP contribution in [0.15, 0.2) is 53.7 Å². The quantitative estimate of drug-likeness (QED) is 0.848. The molecular weight excluding hydrogens is 310 g/mol. The van der Waals surface area contributed by atoms with Crippen LogP contribution in [0.1, 0.15) is 6.42 Å². The fraction of sp³-hybridized carbons (Fsp3) is 0.143. The van der Waals surface area contributed by atoms with Gasteiger partial charge in [-0.15, -0.1) is 0 Å². The number of aromatic nitrogens is 1. The number of halogens is 1. The Labute approximate surface area is 128 Å². The molecule has 5 nitrogen and oxygen atoms in total. The first-order chi connectivity index (χ1) is 10.1. The number of nitriles is 1. The van der Waals surface area contributed by atoms with Gasteiger partial charge in [-0.3, -0.25) is 9.29 Å². The monoisotopic (exact) mass is 321 g/mol. The highest BCUT2D eigenvalue weighted by molar-refractivity contribution is 7.93. The summed E-state index contributed by atoms with van der Waals surface area (Å²) in [5, 5.41) is 8.84. The first-order valence-corrected chi connectivity index (χ1v) is 7.93. The average Bonchev–Trinajstić information content (AvgIpc) is 2.49. The molecular formula is C14H12ClN3O2S. The summed E-state index contributed by atoms with van der Waals surface area (Å²) >= 11 is 5.96. The largest absolute Gasteiger partial charge is 0.267 e. The van der Waals surface area contributed by atoms with Gasteiger partial charge >= 0.3 is 0 Å². The zero-order valence-corrected chi connectivity index (χ0v) is 12.5. The molecule has 1 aromatic heterocycles. The van der Waals surface area contributed by atoms with Gasteiger partial charge in [0.05, 0.1) is 23.2 Å². The van der Waals surface area contributed by atoms with Crippen molar-refractivity contribution < 1.29 is 8.42 Å². The van der Waals surface area contributed by atoms with Gasteiger partial charge in [0.25, 0.3) is 10.0 Å². The van der Waals surface area contributed by atoms with Gasteiger partial charge in [-0.2, -0.15) is 5.26 Å². The van der Waals surface area contributed by atoms with Gasteiger partial charge in [-0.05, 0) is 18.2 Å². The molecule has 0 N–H and O–H groups in total. The van der Waals surface area contributed by atoms with Gasteiger partial charge in [0.1, 0.15) is 4.90 Å². The molecule has 2 rings (SSSR count). The Morgan fingerprint density at radius 1 is 1.24 bits per heavy atom. The minimum atomic E-state index is -3.87. The molecule has 2 aromatic rings. The van der Waals surface area contributed by atoms with E-state index in [1.165, 1.54) is 22.8 Å². The van der Waals surface area contributed by atoms with Gasteiger partial charge in [0.2, 0.25) is 0 Å². The van der Waals surface area contributed by atoms with Crippen LogP contribution in [0.4, 0.5) is 5.69 Å². The van der Waals surface area contributed by atoms with Crippen LogP contribution in [0.2, 0.25) is 5.02 Å². The SMILES string of the molecule is N#CCCN(c1ccccc1)S(=O)(=O)c1cnccc1Cl. The Balaban J connectivity index is 2.51. The highest BCUT2D eigenvalue weighted by atomic mass is 35.5. The van der Waals surface area contributed by atoms with E-state index in [0.717, 1.165) is 0 Å². The Kier molecular flexibility index (Phi) is 4.78. The van der Waals surface area contributed by atoms with Gasteiger partial charge in [0, 0.05) is 18.9 Å². The van der Waals surface area contributed by atoms with Crippen LogP contribution in [0, 0.1) is 11.3 Å². The van der Waals surface area contributed by atoms with Crippen LogP contribution < -0.4 is 4.31 Å². The Hall–Kier alpha value is -2.10. The van der Waals surface area contributed by atoms with Crippen molar-refractivity contribution in [1.82, 2.24) is 4.98 Å². The molecule has 21 heavy (non-hydrogen) atoms. The summed E-state index contributed by atoms with van der Waals surface area (Å²) in [6.45, 7) is 0.0497. The molecule has 108 valence electrons. The van der Waals surface area contributed by atoms with Crippen molar-refractivity contribution in [2.45, 2.75) is 11.3 Å². The maximum absolute atomic E-state index is 12.8. The van der Waals surface area contributed by atoms with Gasteiger partial charge in [0.15, 0.2) is 0 Å². The molecule has 0 atom stereocenters. The van der Waals surface area contributed by atoms with Crippen LogP contribution >= 0.6 is 11.6 Å². The molecule has 0 bridgehead atoms. The van der Waals surface area contributed by atoms with Crippen molar-refractivity contribution in [3.63, 3.8) is 0 Å². The summed E-state index contributed by atoms with van der Waals surface area (Å²) < 4.78 is 26.7. The lowest BCUT2D eigenvalue weighted by atomic mass is 10.3. The third kappa shape index (κ3) is 3.32. The van der Waals surface area contributed by atoms with Crippen LogP contribution in [0.5, 0.6) is 0 Å². The predicted molar refractivity (Wildman–Crippen MR) is 80.5 cm³/mol. The van der Waals surface area contributed by atoms with E-state index in [1.54, 1.807) is 30.3 Å². The second kappa shape index (κ2) is 6.57. The molecule has 0 saturated heterocycles. The topological polar surface area (TPSA) is 74.1 Å². The summed E-state index contributed by atoms with van der Waals surface area (Å²) in [5.41, 5.74) is 0.479. The molecule has 0 aliphatic rings. The number of para-hydroxylation sites is 1. The summed E-state index contributed by atoms with van der Waals surface area (Å²) in [5.74, 6) is 0. The fourth-order valence-electron chi connectivity index (χ4n) is 1.81. The Morgan fingerprint density at radius 2 is 1.95 bits per heavy atom. The third-order valence-electron chi connectivity index (χ3n) is 2.77. The van der Waals surface area contributed by atoms with E-state index >= 15 is 0 Å². The third-order valence-corrected chi connectivity index (χ3v) is 5.07. The van der Waals surface area contributed by atoms with Crippen LogP contribution in [0.3, 0.4) is 0 Å². The summed E-state index contributed by atoms with van der Waals surface area (Å²) in [6, 6.07) is 12.0. The van der Waals surface area contributed by atoms with E-state index in [9.17, 15) is 8.42 Å². The van der Waals surface area contributed by atoms with Gasteiger partial charge in [-0.1, -0.05) is 29.8 Å².